The van der Waals surface area contributed by atoms with Crippen LogP contribution in [0, 0.1) is 0 Å². The first-order valence-corrected chi connectivity index (χ1v) is 4.29. The fourth-order valence-electron chi connectivity index (χ4n) is 0.0833. The van der Waals surface area contributed by atoms with Gasteiger partial charge in [-0.1, -0.05) is 0 Å². The molecule has 0 aromatic carbocycles. The molecule has 0 aliphatic carbocycles. The van der Waals surface area contributed by atoms with Crippen LogP contribution in [0.25, 0.3) is 0 Å². The van der Waals surface area contributed by atoms with Gasteiger partial charge in [0.1, 0.15) is 0 Å². The summed E-state index contributed by atoms with van der Waals surface area (Å²) in [6.45, 7) is 0. The van der Waals surface area contributed by atoms with Gasteiger partial charge in [0.05, 0.1) is 9.76 Å². The monoisotopic (exact) mass is 118 g/mol. The lowest BCUT2D eigenvalue weighted by atomic mass is 11.8. The highest BCUT2D eigenvalue weighted by molar-refractivity contribution is 6.95. The molecule has 0 bridgehead atoms. The van der Waals surface area contributed by atoms with Crippen molar-refractivity contribution in [2.75, 3.05) is 14.2 Å². The SMILES string of the molecule is CO[Si]([Si])OC. The first-order valence-electron chi connectivity index (χ1n) is 1.47. The van der Waals surface area contributed by atoms with E-state index >= 15 is 0 Å². The predicted octanol–water partition coefficient (Wildman–Crippen LogP) is -0.567. The summed E-state index contributed by atoms with van der Waals surface area (Å²) in [5.74, 6) is 0. The molecule has 0 rings (SSSR count). The first kappa shape index (κ1) is 6.35. The van der Waals surface area contributed by atoms with E-state index in [0.717, 1.165) is 0 Å². The normalized spacial score (nSPS) is 10.0. The fraction of sp³-hybridized carbons (Fsp3) is 1.00. The molecule has 6 heavy (non-hydrogen) atoms. The summed E-state index contributed by atoms with van der Waals surface area (Å²) < 4.78 is 9.39. The molecule has 0 saturated heterocycles. The minimum Gasteiger partial charge on any atom is -0.400 e. The van der Waals surface area contributed by atoms with Crippen LogP contribution >= 0.6 is 0 Å². The minimum atomic E-state index is -1.06. The van der Waals surface area contributed by atoms with Crippen LogP contribution in [0.1, 0.15) is 0 Å². The van der Waals surface area contributed by atoms with Crippen molar-refractivity contribution in [2.45, 2.75) is 0 Å². The Labute approximate surface area is 42.5 Å². The van der Waals surface area contributed by atoms with Crippen LogP contribution in [0.15, 0.2) is 0 Å². The van der Waals surface area contributed by atoms with Crippen LogP contribution in [0.4, 0.5) is 0 Å². The zero-order valence-electron chi connectivity index (χ0n) is 3.82. The van der Waals surface area contributed by atoms with Gasteiger partial charge in [-0.2, -0.15) is 0 Å². The van der Waals surface area contributed by atoms with Crippen LogP contribution in [0.3, 0.4) is 0 Å². The Balaban J connectivity index is 2.75. The molecule has 34 valence electrons. The third-order valence-corrected chi connectivity index (χ3v) is 2.34. The van der Waals surface area contributed by atoms with Crippen molar-refractivity contribution in [3.8, 4) is 0 Å². The van der Waals surface area contributed by atoms with Gasteiger partial charge in [-0.15, -0.1) is 0 Å². The fourth-order valence-corrected chi connectivity index (χ4v) is 0.250. The lowest BCUT2D eigenvalue weighted by Crippen LogP contribution is -2.18. The Hall–Kier alpha value is 0.354. The van der Waals surface area contributed by atoms with Crippen LogP contribution in [0.5, 0.6) is 0 Å². The van der Waals surface area contributed by atoms with Gasteiger partial charge in [0.25, 0.3) is 0 Å². The Morgan fingerprint density at radius 2 is 1.67 bits per heavy atom. The topological polar surface area (TPSA) is 18.5 Å². The van der Waals surface area contributed by atoms with Crippen LogP contribution in [-0.2, 0) is 8.85 Å². The minimum absolute atomic E-state index is 1.06. The molecule has 0 saturated carbocycles. The third-order valence-electron chi connectivity index (χ3n) is 0.371. The summed E-state index contributed by atoms with van der Waals surface area (Å²) in [4.78, 5) is 0. The molecule has 0 heterocycles. The van der Waals surface area contributed by atoms with E-state index in [1.54, 1.807) is 14.2 Å². The second-order valence-corrected chi connectivity index (χ2v) is 3.31. The van der Waals surface area contributed by atoms with E-state index in [-0.39, 0.29) is 0 Å². The molecule has 0 spiro atoms. The maximum Gasteiger partial charge on any atom is 0.348 e. The molecule has 4 radical (unpaired) electrons. The van der Waals surface area contributed by atoms with E-state index in [9.17, 15) is 0 Å². The molecule has 0 atom stereocenters. The quantitative estimate of drug-likeness (QED) is 0.452. The number of hydrogen-bond acceptors (Lipinski definition) is 2. The van der Waals surface area contributed by atoms with Gasteiger partial charge in [0, 0.05) is 14.2 Å². The molecular formula is C2H6O2Si2. The molecule has 0 aliphatic heterocycles. The Morgan fingerprint density at radius 3 is 1.67 bits per heavy atom. The van der Waals surface area contributed by atoms with Crippen molar-refractivity contribution in [3.63, 3.8) is 0 Å². The molecule has 0 aliphatic rings. The van der Waals surface area contributed by atoms with E-state index in [1.807, 2.05) is 0 Å². The van der Waals surface area contributed by atoms with Crippen molar-refractivity contribution in [1.29, 1.82) is 0 Å². The van der Waals surface area contributed by atoms with Gasteiger partial charge in [0.2, 0.25) is 0 Å². The first-order chi connectivity index (χ1) is 2.81. The Morgan fingerprint density at radius 1 is 1.33 bits per heavy atom. The van der Waals surface area contributed by atoms with E-state index in [1.165, 1.54) is 0 Å². The highest BCUT2D eigenvalue weighted by Crippen LogP contribution is 1.71. The van der Waals surface area contributed by atoms with Crippen molar-refractivity contribution in [2.24, 2.45) is 0 Å². The van der Waals surface area contributed by atoms with E-state index in [0.29, 0.717) is 0 Å². The summed E-state index contributed by atoms with van der Waals surface area (Å²) in [5, 5.41) is 0. The summed E-state index contributed by atoms with van der Waals surface area (Å²) in [5.41, 5.74) is 0. The van der Waals surface area contributed by atoms with Gasteiger partial charge in [-0.05, 0) is 0 Å². The summed E-state index contributed by atoms with van der Waals surface area (Å²) in [7, 11) is 5.32. The Bertz CT molecular complexity index is 28.7. The van der Waals surface area contributed by atoms with Crippen LogP contribution < -0.4 is 0 Å². The second-order valence-electron chi connectivity index (χ2n) is 0.696. The van der Waals surface area contributed by atoms with Crippen LogP contribution in [0.2, 0.25) is 0 Å². The van der Waals surface area contributed by atoms with Gasteiger partial charge in [0.15, 0.2) is 0 Å². The molecule has 0 N–H and O–H groups in total. The summed E-state index contributed by atoms with van der Waals surface area (Å²) in [6, 6.07) is 0. The van der Waals surface area contributed by atoms with Gasteiger partial charge < -0.3 is 8.85 Å². The average molecular weight is 118 g/mol. The predicted molar refractivity (Wildman–Crippen MR) is 25.5 cm³/mol. The molecule has 0 aromatic rings. The molecule has 4 heteroatoms. The highest BCUT2D eigenvalue weighted by Gasteiger charge is 1.97. The number of hydrogen-bond donors (Lipinski definition) is 0. The van der Waals surface area contributed by atoms with Gasteiger partial charge >= 0.3 is 8.80 Å². The van der Waals surface area contributed by atoms with Gasteiger partial charge in [-0.25, -0.2) is 0 Å². The van der Waals surface area contributed by atoms with Crippen molar-refractivity contribution >= 4 is 18.6 Å². The zero-order chi connectivity index (χ0) is 4.99. The lowest BCUT2D eigenvalue weighted by Gasteiger charge is -1.98. The number of rotatable bonds is 2. The molecule has 0 unspecified atom stereocenters. The molecule has 0 aromatic heterocycles. The molecule has 0 fully saturated rings. The van der Waals surface area contributed by atoms with E-state index < -0.39 is 8.80 Å². The van der Waals surface area contributed by atoms with Crippen molar-refractivity contribution in [1.82, 2.24) is 0 Å². The molecular weight excluding hydrogens is 112 g/mol. The standard InChI is InChI=1S/C2H6O2Si2/c1-3-6(5)4-2/h1-2H3. The maximum atomic E-state index is 4.69. The Kier molecular flexibility index (Phi) is 3.75. The lowest BCUT2D eigenvalue weighted by molar-refractivity contribution is 0.299. The highest BCUT2D eigenvalue weighted by atomic mass is 29.2. The second kappa shape index (κ2) is 3.54. The largest absolute Gasteiger partial charge is 0.400 e. The maximum absolute atomic E-state index is 4.69. The van der Waals surface area contributed by atoms with E-state index in [4.69, 9.17) is 8.85 Å². The summed E-state index contributed by atoms with van der Waals surface area (Å²) in [6.07, 6.45) is 0. The molecule has 0 amide bonds. The van der Waals surface area contributed by atoms with Crippen LogP contribution in [-0.4, -0.2) is 32.8 Å². The zero-order valence-corrected chi connectivity index (χ0v) is 5.82. The van der Waals surface area contributed by atoms with Gasteiger partial charge in [-0.3, -0.25) is 0 Å². The smallest absolute Gasteiger partial charge is 0.348 e. The third kappa shape index (κ3) is 2.58. The van der Waals surface area contributed by atoms with Crippen molar-refractivity contribution < 1.29 is 8.85 Å². The summed E-state index contributed by atoms with van der Waals surface area (Å²) >= 11 is 0. The molecule has 2 nitrogen and oxygen atoms in total. The van der Waals surface area contributed by atoms with Crippen molar-refractivity contribution in [3.05, 3.63) is 0 Å². The van der Waals surface area contributed by atoms with E-state index in [2.05, 4.69) is 9.76 Å². The average Bonchev–Trinajstić information content (AvgIpc) is 1.65.